The van der Waals surface area contributed by atoms with Gasteiger partial charge in [0.15, 0.2) is 5.82 Å². The Morgan fingerprint density at radius 3 is 2.37 bits per heavy atom. The van der Waals surface area contributed by atoms with E-state index in [0.29, 0.717) is 41.2 Å². The molecule has 0 atom stereocenters. The third-order valence-electron chi connectivity index (χ3n) is 5.60. The van der Waals surface area contributed by atoms with Crippen molar-refractivity contribution in [3.63, 3.8) is 0 Å². The highest BCUT2D eigenvalue weighted by Gasteiger charge is 2.39. The second-order valence-electron chi connectivity index (χ2n) is 7.54. The number of aromatic nitrogens is 2. The van der Waals surface area contributed by atoms with Crippen LogP contribution in [0.3, 0.4) is 0 Å². The van der Waals surface area contributed by atoms with Gasteiger partial charge in [-0.25, -0.2) is 8.42 Å². The standard InChI is InChI=1S/C18H24N4O3S.ClH/c1-13-7-11-22(12-8-13)26(23,24)15-5-3-14(4-6-15)16-20-17(21-25-16)18(19)9-2-10-18;/h3-6,13H,2,7-12,19H2,1H3;1H. The lowest BCUT2D eigenvalue weighted by Crippen LogP contribution is -2.44. The van der Waals surface area contributed by atoms with Crippen LogP contribution in [0.1, 0.15) is 44.9 Å². The number of sulfonamides is 1. The van der Waals surface area contributed by atoms with E-state index in [1.807, 2.05) is 0 Å². The molecule has 2 fully saturated rings. The highest BCUT2D eigenvalue weighted by Crippen LogP contribution is 2.37. The van der Waals surface area contributed by atoms with Gasteiger partial charge in [-0.05, 0) is 62.3 Å². The Kier molecular flexibility index (Phi) is 5.63. The number of nitrogens with two attached hydrogens (primary N) is 1. The summed E-state index contributed by atoms with van der Waals surface area (Å²) in [5.74, 6) is 1.47. The van der Waals surface area contributed by atoms with Crippen molar-refractivity contribution in [1.29, 1.82) is 0 Å². The van der Waals surface area contributed by atoms with Gasteiger partial charge in [-0.15, -0.1) is 12.4 Å². The van der Waals surface area contributed by atoms with E-state index in [1.165, 1.54) is 0 Å². The van der Waals surface area contributed by atoms with Crippen molar-refractivity contribution in [3.8, 4) is 11.5 Å². The minimum absolute atomic E-state index is 0. The molecular weight excluding hydrogens is 388 g/mol. The molecule has 2 aliphatic rings. The summed E-state index contributed by atoms with van der Waals surface area (Å²) < 4.78 is 32.5. The molecule has 1 aromatic heterocycles. The van der Waals surface area contributed by atoms with Crippen molar-refractivity contribution in [3.05, 3.63) is 30.1 Å². The minimum Gasteiger partial charge on any atom is -0.334 e. The molecular formula is C18H25ClN4O3S. The van der Waals surface area contributed by atoms with Crippen molar-refractivity contribution >= 4 is 22.4 Å². The fraction of sp³-hybridized carbons (Fsp3) is 0.556. The first-order valence-corrected chi connectivity index (χ1v) is 10.6. The van der Waals surface area contributed by atoms with Crippen molar-refractivity contribution in [2.75, 3.05) is 13.1 Å². The molecule has 1 aromatic carbocycles. The molecule has 0 spiro atoms. The molecule has 0 amide bonds. The van der Waals surface area contributed by atoms with E-state index in [-0.39, 0.29) is 12.4 Å². The zero-order valence-corrected chi connectivity index (χ0v) is 16.9. The van der Waals surface area contributed by atoms with Gasteiger partial charge in [0.1, 0.15) is 0 Å². The normalized spacial score (nSPS) is 20.7. The molecule has 4 rings (SSSR count). The van der Waals surface area contributed by atoms with Crippen molar-refractivity contribution < 1.29 is 12.9 Å². The molecule has 0 unspecified atom stereocenters. The lowest BCUT2D eigenvalue weighted by atomic mass is 9.77. The van der Waals surface area contributed by atoms with Gasteiger partial charge in [-0.3, -0.25) is 0 Å². The Morgan fingerprint density at radius 1 is 1.19 bits per heavy atom. The molecule has 7 nitrogen and oxygen atoms in total. The Labute approximate surface area is 165 Å². The maximum absolute atomic E-state index is 12.8. The van der Waals surface area contributed by atoms with Crippen LogP contribution in [-0.2, 0) is 15.6 Å². The van der Waals surface area contributed by atoms with Crippen LogP contribution in [0.5, 0.6) is 0 Å². The maximum Gasteiger partial charge on any atom is 0.257 e. The number of hydrogen-bond acceptors (Lipinski definition) is 6. The van der Waals surface area contributed by atoms with Gasteiger partial charge < -0.3 is 10.3 Å². The van der Waals surface area contributed by atoms with E-state index in [4.69, 9.17) is 10.3 Å². The fourth-order valence-electron chi connectivity index (χ4n) is 3.47. The third kappa shape index (κ3) is 3.76. The van der Waals surface area contributed by atoms with Crippen LogP contribution < -0.4 is 5.73 Å². The number of hydrogen-bond donors (Lipinski definition) is 1. The molecule has 1 saturated carbocycles. The second kappa shape index (κ2) is 7.50. The fourth-order valence-corrected chi connectivity index (χ4v) is 4.94. The van der Waals surface area contributed by atoms with Crippen LogP contribution in [0.4, 0.5) is 0 Å². The van der Waals surface area contributed by atoms with Gasteiger partial charge in [0.2, 0.25) is 10.0 Å². The first-order chi connectivity index (χ1) is 12.4. The summed E-state index contributed by atoms with van der Waals surface area (Å²) in [6.45, 7) is 3.32. The van der Waals surface area contributed by atoms with Crippen LogP contribution in [0.15, 0.2) is 33.7 Å². The van der Waals surface area contributed by atoms with Gasteiger partial charge >= 0.3 is 0 Å². The third-order valence-corrected chi connectivity index (χ3v) is 7.51. The van der Waals surface area contributed by atoms with Crippen LogP contribution in [0, 0.1) is 5.92 Å². The summed E-state index contributed by atoms with van der Waals surface area (Å²) >= 11 is 0. The molecule has 1 aliphatic heterocycles. The maximum atomic E-state index is 12.8. The number of rotatable bonds is 4. The van der Waals surface area contributed by atoms with Crippen LogP contribution in [0.25, 0.3) is 11.5 Å². The average molecular weight is 413 g/mol. The number of piperidine rings is 1. The van der Waals surface area contributed by atoms with Gasteiger partial charge in [-0.2, -0.15) is 9.29 Å². The summed E-state index contributed by atoms with van der Waals surface area (Å²) in [7, 11) is -3.45. The summed E-state index contributed by atoms with van der Waals surface area (Å²) in [4.78, 5) is 4.70. The molecule has 1 saturated heterocycles. The van der Waals surface area contributed by atoms with Crippen molar-refractivity contribution in [2.45, 2.75) is 49.5 Å². The summed E-state index contributed by atoms with van der Waals surface area (Å²) in [5, 5.41) is 4.00. The first kappa shape index (κ1) is 20.3. The molecule has 9 heteroatoms. The predicted octanol–water partition coefficient (Wildman–Crippen LogP) is 2.92. The number of nitrogens with zero attached hydrogens (tertiary/aromatic N) is 3. The Bertz CT molecular complexity index is 886. The average Bonchev–Trinajstić information content (AvgIpc) is 3.10. The van der Waals surface area contributed by atoms with Crippen LogP contribution in [-0.4, -0.2) is 36.0 Å². The van der Waals surface area contributed by atoms with Crippen LogP contribution in [0.2, 0.25) is 0 Å². The quantitative estimate of drug-likeness (QED) is 0.828. The molecule has 2 heterocycles. The Balaban J connectivity index is 0.00000210. The minimum atomic E-state index is -3.45. The van der Waals surface area contributed by atoms with Gasteiger partial charge in [0.05, 0.1) is 10.4 Å². The van der Waals surface area contributed by atoms with E-state index in [0.717, 1.165) is 32.1 Å². The monoisotopic (exact) mass is 412 g/mol. The Morgan fingerprint density at radius 2 is 1.81 bits per heavy atom. The lowest BCUT2D eigenvalue weighted by Gasteiger charge is -2.34. The predicted molar refractivity (Wildman–Crippen MR) is 104 cm³/mol. The summed E-state index contributed by atoms with van der Waals surface area (Å²) in [6.07, 6.45) is 4.60. The zero-order chi connectivity index (χ0) is 18.4. The smallest absolute Gasteiger partial charge is 0.257 e. The van der Waals surface area contributed by atoms with E-state index in [1.54, 1.807) is 28.6 Å². The summed E-state index contributed by atoms with van der Waals surface area (Å²) in [5.41, 5.74) is 6.44. The molecule has 1 aliphatic carbocycles. The van der Waals surface area contributed by atoms with Gasteiger partial charge in [0.25, 0.3) is 5.89 Å². The number of benzene rings is 1. The molecule has 2 aromatic rings. The van der Waals surface area contributed by atoms with Gasteiger partial charge in [-0.1, -0.05) is 12.1 Å². The molecule has 0 bridgehead atoms. The first-order valence-electron chi connectivity index (χ1n) is 9.12. The highest BCUT2D eigenvalue weighted by atomic mass is 35.5. The SMILES string of the molecule is CC1CCN(S(=O)(=O)c2ccc(-c3nc(C4(N)CCC4)no3)cc2)CC1.Cl. The molecule has 2 N–H and O–H groups in total. The van der Waals surface area contributed by atoms with Crippen molar-refractivity contribution in [1.82, 2.24) is 14.4 Å². The van der Waals surface area contributed by atoms with Crippen molar-refractivity contribution in [2.24, 2.45) is 11.7 Å². The van der Waals surface area contributed by atoms with E-state index < -0.39 is 15.6 Å². The molecule has 0 radical (unpaired) electrons. The highest BCUT2D eigenvalue weighted by molar-refractivity contribution is 7.89. The lowest BCUT2D eigenvalue weighted by molar-refractivity contribution is 0.229. The second-order valence-corrected chi connectivity index (χ2v) is 9.48. The van der Waals surface area contributed by atoms with Crippen LogP contribution >= 0.6 is 12.4 Å². The van der Waals surface area contributed by atoms with E-state index in [9.17, 15) is 8.42 Å². The Hall–Kier alpha value is -1.48. The number of halogens is 1. The van der Waals surface area contributed by atoms with Gasteiger partial charge in [0, 0.05) is 18.7 Å². The summed E-state index contributed by atoms with van der Waals surface area (Å²) in [6, 6.07) is 6.63. The topological polar surface area (TPSA) is 102 Å². The molecule has 148 valence electrons. The largest absolute Gasteiger partial charge is 0.334 e. The van der Waals surface area contributed by atoms with E-state index in [2.05, 4.69) is 17.1 Å². The van der Waals surface area contributed by atoms with E-state index >= 15 is 0 Å². The molecule has 27 heavy (non-hydrogen) atoms. The zero-order valence-electron chi connectivity index (χ0n) is 15.3.